The quantitative estimate of drug-likeness (QED) is 0.594. The van der Waals surface area contributed by atoms with E-state index in [1.807, 2.05) is 20.8 Å². The Bertz CT molecular complexity index is 410. The standard InChI is InChI=1S/C10H12ClNO3/c1-10(2,3)6-4-7(11)9(13)5-8(6)12(14)15/h4-5,13H,1-3H3. The first-order valence-corrected chi connectivity index (χ1v) is 4.78. The van der Waals surface area contributed by atoms with E-state index in [4.69, 9.17) is 11.6 Å². The summed E-state index contributed by atoms with van der Waals surface area (Å²) in [4.78, 5) is 10.3. The van der Waals surface area contributed by atoms with Crippen LogP contribution in [0.1, 0.15) is 26.3 Å². The van der Waals surface area contributed by atoms with Gasteiger partial charge in [-0.3, -0.25) is 10.1 Å². The van der Waals surface area contributed by atoms with Crippen LogP contribution in [0.3, 0.4) is 0 Å². The molecule has 0 heterocycles. The molecule has 1 rings (SSSR count). The normalized spacial score (nSPS) is 11.5. The molecule has 15 heavy (non-hydrogen) atoms. The summed E-state index contributed by atoms with van der Waals surface area (Å²) in [5.74, 6) is -0.267. The van der Waals surface area contributed by atoms with Crippen LogP contribution in [0.15, 0.2) is 12.1 Å². The number of hydrogen-bond donors (Lipinski definition) is 1. The van der Waals surface area contributed by atoms with E-state index in [2.05, 4.69) is 0 Å². The molecule has 4 nitrogen and oxygen atoms in total. The summed E-state index contributed by atoms with van der Waals surface area (Å²) in [6, 6.07) is 2.53. The Morgan fingerprint density at radius 1 is 1.40 bits per heavy atom. The van der Waals surface area contributed by atoms with E-state index < -0.39 is 4.92 Å². The summed E-state index contributed by atoms with van der Waals surface area (Å²) < 4.78 is 0. The maximum Gasteiger partial charge on any atom is 0.276 e. The van der Waals surface area contributed by atoms with E-state index >= 15 is 0 Å². The van der Waals surface area contributed by atoms with E-state index in [-0.39, 0.29) is 21.9 Å². The Balaban J connectivity index is 3.49. The molecule has 5 heteroatoms. The minimum atomic E-state index is -0.517. The van der Waals surface area contributed by atoms with Crippen LogP contribution < -0.4 is 0 Å². The SMILES string of the molecule is CC(C)(C)c1cc(Cl)c(O)cc1[N+](=O)[O-]. The third-order valence-electron chi connectivity index (χ3n) is 2.07. The van der Waals surface area contributed by atoms with Gasteiger partial charge in [0.05, 0.1) is 16.0 Å². The highest BCUT2D eigenvalue weighted by Gasteiger charge is 2.26. The summed E-state index contributed by atoms with van der Waals surface area (Å²) in [6.07, 6.45) is 0. The molecular weight excluding hydrogens is 218 g/mol. The highest BCUT2D eigenvalue weighted by atomic mass is 35.5. The van der Waals surface area contributed by atoms with Gasteiger partial charge in [-0.2, -0.15) is 0 Å². The van der Waals surface area contributed by atoms with Crippen molar-refractivity contribution in [2.45, 2.75) is 26.2 Å². The van der Waals surface area contributed by atoms with Gasteiger partial charge in [0.2, 0.25) is 0 Å². The Hall–Kier alpha value is -1.29. The summed E-state index contributed by atoms with van der Waals surface area (Å²) in [5.41, 5.74) is 0.0134. The largest absolute Gasteiger partial charge is 0.506 e. The highest BCUT2D eigenvalue weighted by Crippen LogP contribution is 2.37. The van der Waals surface area contributed by atoms with Gasteiger partial charge in [-0.05, 0) is 11.5 Å². The minimum Gasteiger partial charge on any atom is -0.506 e. The molecule has 0 saturated carbocycles. The number of benzene rings is 1. The second-order valence-corrected chi connectivity index (χ2v) is 4.74. The first kappa shape index (κ1) is 11.8. The summed E-state index contributed by atoms with van der Waals surface area (Å²) in [7, 11) is 0. The lowest BCUT2D eigenvalue weighted by atomic mass is 9.86. The molecule has 0 aliphatic rings. The lowest BCUT2D eigenvalue weighted by molar-refractivity contribution is -0.386. The Labute approximate surface area is 92.6 Å². The predicted molar refractivity (Wildman–Crippen MR) is 58.5 cm³/mol. The van der Waals surface area contributed by atoms with Gasteiger partial charge in [0.15, 0.2) is 0 Å². The number of phenols is 1. The summed E-state index contributed by atoms with van der Waals surface area (Å²) in [6.45, 7) is 5.55. The van der Waals surface area contributed by atoms with Crippen LogP contribution in [0.2, 0.25) is 5.02 Å². The highest BCUT2D eigenvalue weighted by molar-refractivity contribution is 6.32. The van der Waals surface area contributed by atoms with E-state index in [0.29, 0.717) is 5.56 Å². The number of hydrogen-bond acceptors (Lipinski definition) is 3. The van der Waals surface area contributed by atoms with E-state index in [9.17, 15) is 15.2 Å². The van der Waals surface area contributed by atoms with Crippen molar-refractivity contribution in [3.05, 3.63) is 32.8 Å². The molecule has 0 radical (unpaired) electrons. The van der Waals surface area contributed by atoms with Crippen molar-refractivity contribution in [2.24, 2.45) is 0 Å². The van der Waals surface area contributed by atoms with Crippen molar-refractivity contribution in [1.29, 1.82) is 0 Å². The third-order valence-corrected chi connectivity index (χ3v) is 2.37. The van der Waals surface area contributed by atoms with Gasteiger partial charge in [0.25, 0.3) is 5.69 Å². The molecule has 0 aliphatic heterocycles. The van der Waals surface area contributed by atoms with Crippen LogP contribution in [0.5, 0.6) is 5.75 Å². The van der Waals surface area contributed by atoms with Crippen LogP contribution in [-0.2, 0) is 5.41 Å². The van der Waals surface area contributed by atoms with Crippen molar-refractivity contribution >= 4 is 17.3 Å². The lowest BCUT2D eigenvalue weighted by Gasteiger charge is -2.19. The average Bonchev–Trinajstić information content (AvgIpc) is 2.06. The van der Waals surface area contributed by atoms with Gasteiger partial charge >= 0.3 is 0 Å². The van der Waals surface area contributed by atoms with Crippen molar-refractivity contribution < 1.29 is 10.0 Å². The van der Waals surface area contributed by atoms with Crippen molar-refractivity contribution in [1.82, 2.24) is 0 Å². The Kier molecular flexibility index (Phi) is 2.90. The number of nitro benzene ring substituents is 1. The van der Waals surface area contributed by atoms with Crippen LogP contribution in [0.25, 0.3) is 0 Å². The van der Waals surface area contributed by atoms with Gasteiger partial charge in [-0.15, -0.1) is 0 Å². The molecule has 0 aliphatic carbocycles. The summed E-state index contributed by atoms with van der Waals surface area (Å²) in [5, 5.41) is 20.2. The molecule has 0 spiro atoms. The third kappa shape index (κ3) is 2.39. The molecule has 0 unspecified atom stereocenters. The molecule has 0 atom stereocenters. The first-order valence-electron chi connectivity index (χ1n) is 4.41. The fourth-order valence-corrected chi connectivity index (χ4v) is 1.47. The number of halogens is 1. The van der Waals surface area contributed by atoms with E-state index in [0.717, 1.165) is 6.07 Å². The van der Waals surface area contributed by atoms with E-state index in [1.54, 1.807) is 0 Å². The smallest absolute Gasteiger partial charge is 0.276 e. The van der Waals surface area contributed by atoms with Gasteiger partial charge in [0, 0.05) is 5.56 Å². The Morgan fingerprint density at radius 3 is 2.33 bits per heavy atom. The average molecular weight is 230 g/mol. The van der Waals surface area contributed by atoms with Crippen LogP contribution in [0.4, 0.5) is 5.69 Å². The fraction of sp³-hybridized carbons (Fsp3) is 0.400. The zero-order valence-corrected chi connectivity index (χ0v) is 9.50. The molecule has 0 amide bonds. The van der Waals surface area contributed by atoms with Crippen molar-refractivity contribution in [3.8, 4) is 5.75 Å². The summed E-state index contributed by atoms with van der Waals surface area (Å²) >= 11 is 5.72. The van der Waals surface area contributed by atoms with Gasteiger partial charge in [0.1, 0.15) is 5.75 Å². The lowest BCUT2D eigenvalue weighted by Crippen LogP contribution is -2.13. The zero-order valence-electron chi connectivity index (χ0n) is 8.74. The van der Waals surface area contributed by atoms with Gasteiger partial charge in [-0.1, -0.05) is 32.4 Å². The fourth-order valence-electron chi connectivity index (χ4n) is 1.30. The first-order chi connectivity index (χ1) is 6.73. The molecule has 82 valence electrons. The van der Waals surface area contributed by atoms with Crippen LogP contribution in [0, 0.1) is 10.1 Å². The molecule has 0 aromatic heterocycles. The molecule has 0 fully saturated rings. The molecule has 1 aromatic rings. The second-order valence-electron chi connectivity index (χ2n) is 4.33. The molecule has 0 bridgehead atoms. The Morgan fingerprint density at radius 2 is 1.93 bits per heavy atom. The number of nitrogens with zero attached hydrogens (tertiary/aromatic N) is 1. The molecular formula is C10H12ClNO3. The maximum atomic E-state index is 10.8. The molecule has 0 saturated heterocycles. The van der Waals surface area contributed by atoms with Crippen molar-refractivity contribution in [3.63, 3.8) is 0 Å². The maximum absolute atomic E-state index is 10.8. The molecule has 1 aromatic carbocycles. The second kappa shape index (κ2) is 3.70. The number of rotatable bonds is 1. The zero-order chi connectivity index (χ0) is 11.8. The number of phenolic OH excluding ortho intramolecular Hbond substituents is 1. The van der Waals surface area contributed by atoms with E-state index in [1.165, 1.54) is 6.07 Å². The minimum absolute atomic E-state index is 0.107. The number of aromatic hydroxyl groups is 1. The van der Waals surface area contributed by atoms with Crippen LogP contribution >= 0.6 is 11.6 Å². The van der Waals surface area contributed by atoms with Gasteiger partial charge < -0.3 is 5.11 Å². The monoisotopic (exact) mass is 229 g/mol. The van der Waals surface area contributed by atoms with Gasteiger partial charge in [-0.25, -0.2) is 0 Å². The molecule has 1 N–H and O–H groups in total. The predicted octanol–water partition coefficient (Wildman–Crippen LogP) is 3.25. The van der Waals surface area contributed by atoms with Crippen molar-refractivity contribution in [2.75, 3.05) is 0 Å². The van der Waals surface area contributed by atoms with Crippen LogP contribution in [-0.4, -0.2) is 10.0 Å². The topological polar surface area (TPSA) is 63.4 Å². The number of nitro groups is 1.